The summed E-state index contributed by atoms with van der Waals surface area (Å²) in [5.74, 6) is 0.683. The molecular weight excluding hydrogens is 378 g/mol. The molecule has 1 saturated heterocycles. The smallest absolute Gasteiger partial charge is 0.224 e. The molecule has 0 spiro atoms. The minimum Gasteiger partial charge on any atom is -0.378 e. The number of carbonyl (C=O) groups excluding carboxylic acids is 1. The molecule has 7 nitrogen and oxygen atoms in total. The number of morpholine rings is 1. The standard InChI is InChI=1S/C23H25N5O2/c29-23(11-6-18-4-2-1-3-5-18)26-20-9-7-19(8-10-20)25-22-16-21(17-24-27-22)28-12-14-30-15-13-28/h1-5,7-10,16-17H,6,11-15H2,(H,25,27)(H,26,29). The Kier molecular flexibility index (Phi) is 6.51. The number of ether oxygens (including phenoxy) is 1. The summed E-state index contributed by atoms with van der Waals surface area (Å²) in [6, 6.07) is 19.6. The zero-order valence-corrected chi connectivity index (χ0v) is 16.8. The maximum absolute atomic E-state index is 12.2. The van der Waals surface area contributed by atoms with Crippen LogP contribution in [0.5, 0.6) is 0 Å². The van der Waals surface area contributed by atoms with Gasteiger partial charge in [-0.1, -0.05) is 30.3 Å². The molecule has 3 aromatic rings. The Labute approximate surface area is 176 Å². The first-order valence-corrected chi connectivity index (χ1v) is 10.1. The quantitative estimate of drug-likeness (QED) is 0.627. The fourth-order valence-electron chi connectivity index (χ4n) is 3.32. The number of amides is 1. The van der Waals surface area contributed by atoms with Crippen LogP contribution < -0.4 is 15.5 Å². The van der Waals surface area contributed by atoms with Gasteiger partial charge in [-0.2, -0.15) is 5.10 Å². The number of hydrogen-bond acceptors (Lipinski definition) is 6. The van der Waals surface area contributed by atoms with Crippen molar-refractivity contribution in [3.63, 3.8) is 0 Å². The second-order valence-electron chi connectivity index (χ2n) is 7.13. The van der Waals surface area contributed by atoms with Crippen molar-refractivity contribution >= 4 is 28.8 Å². The maximum atomic E-state index is 12.2. The van der Waals surface area contributed by atoms with Crippen LogP contribution in [0.4, 0.5) is 22.9 Å². The molecule has 2 heterocycles. The molecule has 1 aliphatic heterocycles. The van der Waals surface area contributed by atoms with E-state index in [0.29, 0.717) is 12.2 Å². The number of anilines is 4. The Bertz CT molecular complexity index is 957. The van der Waals surface area contributed by atoms with Crippen LogP contribution in [-0.4, -0.2) is 42.4 Å². The molecule has 1 amide bonds. The summed E-state index contributed by atoms with van der Waals surface area (Å²) in [5.41, 5.74) is 3.84. The molecule has 0 unspecified atom stereocenters. The highest BCUT2D eigenvalue weighted by Crippen LogP contribution is 2.21. The first-order valence-electron chi connectivity index (χ1n) is 10.1. The second kappa shape index (κ2) is 9.84. The fourth-order valence-corrected chi connectivity index (χ4v) is 3.32. The van der Waals surface area contributed by atoms with Gasteiger partial charge >= 0.3 is 0 Å². The molecular formula is C23H25N5O2. The molecule has 30 heavy (non-hydrogen) atoms. The van der Waals surface area contributed by atoms with Gasteiger partial charge in [0.25, 0.3) is 0 Å². The highest BCUT2D eigenvalue weighted by Gasteiger charge is 2.12. The van der Waals surface area contributed by atoms with E-state index in [2.05, 4.69) is 25.7 Å². The Morgan fingerprint density at radius 3 is 2.50 bits per heavy atom. The van der Waals surface area contributed by atoms with Gasteiger partial charge in [-0.3, -0.25) is 4.79 Å². The van der Waals surface area contributed by atoms with E-state index < -0.39 is 0 Å². The Morgan fingerprint density at radius 2 is 1.73 bits per heavy atom. The first kappa shape index (κ1) is 19.8. The van der Waals surface area contributed by atoms with E-state index in [4.69, 9.17) is 4.74 Å². The van der Waals surface area contributed by atoms with Crippen molar-refractivity contribution in [1.29, 1.82) is 0 Å². The number of carbonyl (C=O) groups is 1. The molecule has 0 radical (unpaired) electrons. The minimum atomic E-state index is 0.00337. The van der Waals surface area contributed by atoms with Crippen molar-refractivity contribution < 1.29 is 9.53 Å². The average molecular weight is 403 g/mol. The van der Waals surface area contributed by atoms with Gasteiger partial charge in [-0.25, -0.2) is 0 Å². The first-order chi connectivity index (χ1) is 14.8. The summed E-state index contributed by atoms with van der Waals surface area (Å²) in [7, 11) is 0. The summed E-state index contributed by atoms with van der Waals surface area (Å²) in [6.45, 7) is 3.15. The van der Waals surface area contributed by atoms with E-state index in [0.717, 1.165) is 55.3 Å². The van der Waals surface area contributed by atoms with Crippen molar-refractivity contribution in [2.45, 2.75) is 12.8 Å². The molecule has 2 aromatic carbocycles. The second-order valence-corrected chi connectivity index (χ2v) is 7.13. The molecule has 1 fully saturated rings. The van der Waals surface area contributed by atoms with E-state index >= 15 is 0 Å². The SMILES string of the molecule is O=C(CCc1ccccc1)Nc1ccc(Nc2cc(N3CCOCC3)cnn2)cc1. The highest BCUT2D eigenvalue weighted by atomic mass is 16.5. The van der Waals surface area contributed by atoms with E-state index in [1.807, 2.05) is 60.7 Å². The Morgan fingerprint density at radius 1 is 1.00 bits per heavy atom. The molecule has 2 N–H and O–H groups in total. The molecule has 0 saturated carbocycles. The zero-order valence-electron chi connectivity index (χ0n) is 16.8. The lowest BCUT2D eigenvalue weighted by Gasteiger charge is -2.28. The van der Waals surface area contributed by atoms with Crippen molar-refractivity contribution in [2.75, 3.05) is 41.8 Å². The predicted molar refractivity (Wildman–Crippen MR) is 118 cm³/mol. The Hall–Kier alpha value is -3.45. The number of nitrogens with zero attached hydrogens (tertiary/aromatic N) is 3. The third-order valence-electron chi connectivity index (χ3n) is 4.94. The lowest BCUT2D eigenvalue weighted by atomic mass is 10.1. The number of nitrogens with one attached hydrogen (secondary N) is 2. The van der Waals surface area contributed by atoms with E-state index in [1.165, 1.54) is 0 Å². The van der Waals surface area contributed by atoms with Gasteiger partial charge in [0, 0.05) is 37.0 Å². The molecule has 4 rings (SSSR count). The van der Waals surface area contributed by atoms with Crippen molar-refractivity contribution in [2.24, 2.45) is 0 Å². The van der Waals surface area contributed by atoms with E-state index in [9.17, 15) is 4.79 Å². The lowest BCUT2D eigenvalue weighted by molar-refractivity contribution is -0.116. The van der Waals surface area contributed by atoms with Gasteiger partial charge in [0.1, 0.15) is 0 Å². The molecule has 0 atom stereocenters. The predicted octanol–water partition coefficient (Wildman–Crippen LogP) is 3.63. The zero-order chi connectivity index (χ0) is 20.6. The number of aromatic nitrogens is 2. The lowest BCUT2D eigenvalue weighted by Crippen LogP contribution is -2.36. The van der Waals surface area contributed by atoms with Gasteiger partial charge in [0.2, 0.25) is 5.91 Å². The fraction of sp³-hybridized carbons (Fsp3) is 0.261. The van der Waals surface area contributed by atoms with Crippen LogP contribution in [0, 0.1) is 0 Å². The number of hydrogen-bond donors (Lipinski definition) is 2. The van der Waals surface area contributed by atoms with Gasteiger partial charge in [0.05, 0.1) is 25.1 Å². The summed E-state index contributed by atoms with van der Waals surface area (Å²) in [5, 5.41) is 14.5. The van der Waals surface area contributed by atoms with Crippen molar-refractivity contribution in [3.8, 4) is 0 Å². The number of aryl methyl sites for hydroxylation is 1. The van der Waals surface area contributed by atoms with Crippen LogP contribution in [0.2, 0.25) is 0 Å². The minimum absolute atomic E-state index is 0.00337. The summed E-state index contributed by atoms with van der Waals surface area (Å²) < 4.78 is 5.40. The Balaban J connectivity index is 1.31. The van der Waals surface area contributed by atoms with Crippen LogP contribution in [0.1, 0.15) is 12.0 Å². The van der Waals surface area contributed by atoms with Gasteiger partial charge in [-0.05, 0) is 36.2 Å². The normalized spacial score (nSPS) is 13.7. The summed E-state index contributed by atoms with van der Waals surface area (Å²) in [6.07, 6.45) is 2.95. The molecule has 1 aromatic heterocycles. The van der Waals surface area contributed by atoms with E-state index in [-0.39, 0.29) is 5.91 Å². The summed E-state index contributed by atoms with van der Waals surface area (Å²) >= 11 is 0. The van der Waals surface area contributed by atoms with Crippen LogP contribution in [-0.2, 0) is 16.0 Å². The molecule has 154 valence electrons. The van der Waals surface area contributed by atoms with Crippen molar-refractivity contribution in [3.05, 3.63) is 72.4 Å². The maximum Gasteiger partial charge on any atom is 0.224 e. The van der Waals surface area contributed by atoms with E-state index in [1.54, 1.807) is 6.20 Å². The largest absolute Gasteiger partial charge is 0.378 e. The number of benzene rings is 2. The summed E-state index contributed by atoms with van der Waals surface area (Å²) in [4.78, 5) is 14.4. The molecule has 1 aliphatic rings. The average Bonchev–Trinajstić information content (AvgIpc) is 2.80. The van der Waals surface area contributed by atoms with Crippen LogP contribution >= 0.6 is 0 Å². The highest BCUT2D eigenvalue weighted by molar-refractivity contribution is 5.91. The molecule has 0 aliphatic carbocycles. The third-order valence-corrected chi connectivity index (χ3v) is 4.94. The molecule has 0 bridgehead atoms. The van der Waals surface area contributed by atoms with Crippen LogP contribution in [0.15, 0.2) is 66.9 Å². The third kappa shape index (κ3) is 5.55. The monoisotopic (exact) mass is 403 g/mol. The van der Waals surface area contributed by atoms with Gasteiger partial charge < -0.3 is 20.3 Å². The number of rotatable bonds is 7. The van der Waals surface area contributed by atoms with Crippen molar-refractivity contribution in [1.82, 2.24) is 10.2 Å². The van der Waals surface area contributed by atoms with Crippen LogP contribution in [0.25, 0.3) is 0 Å². The van der Waals surface area contributed by atoms with Crippen LogP contribution in [0.3, 0.4) is 0 Å². The van der Waals surface area contributed by atoms with Gasteiger partial charge in [0.15, 0.2) is 5.82 Å². The topological polar surface area (TPSA) is 79.4 Å². The molecule has 7 heteroatoms. The van der Waals surface area contributed by atoms with Gasteiger partial charge in [-0.15, -0.1) is 5.10 Å².